The maximum Gasteiger partial charge on any atom is 0.331 e. The van der Waals surface area contributed by atoms with Gasteiger partial charge in [0.25, 0.3) is 5.56 Å². The zero-order chi connectivity index (χ0) is 14.0. The molecule has 102 valence electrons. The van der Waals surface area contributed by atoms with Crippen molar-refractivity contribution < 1.29 is 0 Å². The van der Waals surface area contributed by atoms with Gasteiger partial charge >= 0.3 is 5.69 Å². The molecule has 0 aromatic carbocycles. The van der Waals surface area contributed by atoms with Crippen molar-refractivity contribution in [3.63, 3.8) is 0 Å². The molecule has 6 nitrogen and oxygen atoms in total. The van der Waals surface area contributed by atoms with Gasteiger partial charge in [-0.25, -0.2) is 9.78 Å². The lowest BCUT2D eigenvalue weighted by atomic mass is 10.4. The summed E-state index contributed by atoms with van der Waals surface area (Å²) in [6.07, 6.45) is 1.50. The van der Waals surface area contributed by atoms with Gasteiger partial charge in [0.15, 0.2) is 0 Å². The number of aryl methyl sites for hydroxylation is 2. The standard InChI is InChI=1S/C12H16N4O2S/c1-8-9(2)19-10(14-8)7-15-5-3-11(17)16(6-4-13)12(15)18/h3,5H,4,6-7,13H2,1-2H3. The molecule has 0 unspecified atom stereocenters. The number of hydrogen-bond acceptors (Lipinski definition) is 5. The molecule has 0 atom stereocenters. The minimum absolute atomic E-state index is 0.231. The Balaban J connectivity index is 2.38. The summed E-state index contributed by atoms with van der Waals surface area (Å²) in [6.45, 7) is 4.80. The lowest BCUT2D eigenvalue weighted by Crippen LogP contribution is -2.40. The predicted octanol–water partition coefficient (Wildman–Crippen LogP) is 0.0903. The molecule has 2 heterocycles. The molecule has 2 aromatic heterocycles. The van der Waals surface area contributed by atoms with Crippen LogP contribution in [0.1, 0.15) is 15.6 Å². The molecule has 2 rings (SSSR count). The van der Waals surface area contributed by atoms with Crippen LogP contribution in [-0.4, -0.2) is 20.7 Å². The second-order valence-corrected chi connectivity index (χ2v) is 5.54. The van der Waals surface area contributed by atoms with E-state index in [1.807, 2.05) is 13.8 Å². The Hall–Kier alpha value is -1.73. The summed E-state index contributed by atoms with van der Waals surface area (Å²) in [4.78, 5) is 29.2. The first-order valence-electron chi connectivity index (χ1n) is 5.96. The number of nitrogens with zero attached hydrogens (tertiary/aromatic N) is 3. The largest absolute Gasteiger partial charge is 0.331 e. The molecule has 0 spiro atoms. The normalized spacial score (nSPS) is 10.9. The average molecular weight is 280 g/mol. The molecular formula is C12H16N4O2S. The third-order valence-corrected chi connectivity index (χ3v) is 3.93. The zero-order valence-corrected chi connectivity index (χ0v) is 11.7. The fourth-order valence-corrected chi connectivity index (χ4v) is 2.70. The fourth-order valence-electron chi connectivity index (χ4n) is 1.76. The van der Waals surface area contributed by atoms with Crippen molar-refractivity contribution >= 4 is 11.3 Å². The highest BCUT2D eigenvalue weighted by atomic mass is 32.1. The van der Waals surface area contributed by atoms with Crippen molar-refractivity contribution in [1.29, 1.82) is 0 Å². The predicted molar refractivity (Wildman–Crippen MR) is 74.7 cm³/mol. The van der Waals surface area contributed by atoms with Crippen molar-refractivity contribution in [2.75, 3.05) is 6.54 Å². The van der Waals surface area contributed by atoms with E-state index in [0.29, 0.717) is 6.54 Å². The minimum atomic E-state index is -0.344. The van der Waals surface area contributed by atoms with Crippen LogP contribution in [0.4, 0.5) is 0 Å². The van der Waals surface area contributed by atoms with Gasteiger partial charge < -0.3 is 5.73 Å². The number of nitrogens with two attached hydrogens (primary N) is 1. The van der Waals surface area contributed by atoms with Crippen molar-refractivity contribution in [1.82, 2.24) is 14.1 Å². The average Bonchev–Trinajstić information content (AvgIpc) is 2.68. The van der Waals surface area contributed by atoms with Gasteiger partial charge in [-0.15, -0.1) is 11.3 Å². The number of hydrogen-bond donors (Lipinski definition) is 1. The summed E-state index contributed by atoms with van der Waals surface area (Å²) in [7, 11) is 0. The molecule has 0 fully saturated rings. The second kappa shape index (κ2) is 5.50. The summed E-state index contributed by atoms with van der Waals surface area (Å²) in [5.41, 5.74) is 5.72. The molecule has 0 amide bonds. The molecule has 0 aliphatic rings. The van der Waals surface area contributed by atoms with Crippen molar-refractivity contribution in [2.45, 2.75) is 26.9 Å². The maximum absolute atomic E-state index is 12.1. The van der Waals surface area contributed by atoms with Crippen LogP contribution in [0.25, 0.3) is 0 Å². The summed E-state index contributed by atoms with van der Waals surface area (Å²) >= 11 is 1.56. The number of rotatable bonds is 4. The molecule has 2 N–H and O–H groups in total. The first kappa shape index (κ1) is 13.7. The number of thiazole rings is 1. The van der Waals surface area contributed by atoms with Crippen LogP contribution >= 0.6 is 11.3 Å². The van der Waals surface area contributed by atoms with Gasteiger partial charge in [0.05, 0.1) is 12.2 Å². The molecule has 0 saturated carbocycles. The van der Waals surface area contributed by atoms with E-state index in [4.69, 9.17) is 5.73 Å². The zero-order valence-electron chi connectivity index (χ0n) is 10.9. The lowest BCUT2D eigenvalue weighted by molar-refractivity contribution is 0.578. The maximum atomic E-state index is 12.1. The van der Waals surface area contributed by atoms with Crippen molar-refractivity contribution in [2.24, 2.45) is 5.73 Å². The first-order chi connectivity index (χ1) is 9.02. The van der Waals surface area contributed by atoms with Crippen LogP contribution in [-0.2, 0) is 13.1 Å². The fraction of sp³-hybridized carbons (Fsp3) is 0.417. The van der Waals surface area contributed by atoms with Crippen LogP contribution in [0.15, 0.2) is 21.9 Å². The van der Waals surface area contributed by atoms with Crippen molar-refractivity contribution in [3.05, 3.63) is 48.7 Å². The molecule has 19 heavy (non-hydrogen) atoms. The Bertz CT molecular complexity index is 679. The molecule has 0 radical (unpaired) electrons. The van der Waals surface area contributed by atoms with Gasteiger partial charge in [-0.05, 0) is 13.8 Å². The Morgan fingerprint density at radius 2 is 2.11 bits per heavy atom. The van der Waals surface area contributed by atoms with Crippen LogP contribution in [0.3, 0.4) is 0 Å². The van der Waals surface area contributed by atoms with E-state index >= 15 is 0 Å². The van der Waals surface area contributed by atoms with Gasteiger partial charge in [0, 0.05) is 30.2 Å². The molecule has 0 aliphatic carbocycles. The van der Waals surface area contributed by atoms with Gasteiger partial charge in [-0.3, -0.25) is 13.9 Å². The van der Waals surface area contributed by atoms with E-state index in [2.05, 4.69) is 4.98 Å². The van der Waals surface area contributed by atoms with Crippen LogP contribution in [0.2, 0.25) is 0 Å². The first-order valence-corrected chi connectivity index (χ1v) is 6.78. The summed E-state index contributed by atoms with van der Waals surface area (Å²) in [5.74, 6) is 0. The number of aromatic nitrogens is 3. The van der Waals surface area contributed by atoms with E-state index < -0.39 is 0 Å². The molecule has 7 heteroatoms. The van der Waals surface area contributed by atoms with Gasteiger partial charge in [-0.2, -0.15) is 0 Å². The summed E-state index contributed by atoms with van der Waals surface area (Å²) in [5, 5.41) is 0.857. The smallest absolute Gasteiger partial charge is 0.329 e. The SMILES string of the molecule is Cc1nc(Cn2ccc(=O)n(CCN)c2=O)sc1C. The molecule has 0 aliphatic heterocycles. The Kier molecular flexibility index (Phi) is 3.96. The topological polar surface area (TPSA) is 82.9 Å². The molecular weight excluding hydrogens is 264 g/mol. The highest BCUT2D eigenvalue weighted by molar-refractivity contribution is 7.11. The lowest BCUT2D eigenvalue weighted by Gasteiger charge is -2.07. The Morgan fingerprint density at radius 1 is 1.37 bits per heavy atom. The molecule has 0 bridgehead atoms. The third-order valence-electron chi connectivity index (χ3n) is 2.87. The van der Waals surface area contributed by atoms with Gasteiger partial charge in [0.1, 0.15) is 5.01 Å². The van der Waals surface area contributed by atoms with Crippen LogP contribution in [0.5, 0.6) is 0 Å². The summed E-state index contributed by atoms with van der Waals surface area (Å²) < 4.78 is 2.63. The summed E-state index contributed by atoms with van der Waals surface area (Å²) in [6, 6.07) is 1.38. The Morgan fingerprint density at radius 3 is 2.68 bits per heavy atom. The third kappa shape index (κ3) is 2.82. The van der Waals surface area contributed by atoms with Gasteiger partial charge in [0.2, 0.25) is 0 Å². The highest BCUT2D eigenvalue weighted by Crippen LogP contribution is 2.16. The van der Waals surface area contributed by atoms with E-state index in [0.717, 1.165) is 20.1 Å². The monoisotopic (exact) mass is 280 g/mol. The van der Waals surface area contributed by atoms with Crippen molar-refractivity contribution in [3.8, 4) is 0 Å². The Labute approximate surface area is 114 Å². The molecule has 2 aromatic rings. The van der Waals surface area contributed by atoms with E-state index in [9.17, 15) is 9.59 Å². The van der Waals surface area contributed by atoms with E-state index in [-0.39, 0.29) is 24.3 Å². The highest BCUT2D eigenvalue weighted by Gasteiger charge is 2.08. The van der Waals surface area contributed by atoms with Gasteiger partial charge in [-0.1, -0.05) is 0 Å². The van der Waals surface area contributed by atoms with Crippen LogP contribution < -0.4 is 17.0 Å². The quantitative estimate of drug-likeness (QED) is 0.860. The van der Waals surface area contributed by atoms with E-state index in [1.165, 1.54) is 16.8 Å². The second-order valence-electron chi connectivity index (χ2n) is 4.25. The van der Waals surface area contributed by atoms with Crippen LogP contribution in [0, 0.1) is 13.8 Å². The minimum Gasteiger partial charge on any atom is -0.329 e. The molecule has 0 saturated heterocycles. The van der Waals surface area contributed by atoms with E-state index in [1.54, 1.807) is 11.3 Å².